The van der Waals surface area contributed by atoms with E-state index in [2.05, 4.69) is 0 Å². The Hall–Kier alpha value is -0.800. The summed E-state index contributed by atoms with van der Waals surface area (Å²) in [5, 5.41) is 0.409. The molecule has 0 fully saturated rings. The fourth-order valence-corrected chi connectivity index (χ4v) is 1.06. The minimum atomic E-state index is -0.477. The molecule has 4 N–H and O–H groups in total. The second-order valence-electron chi connectivity index (χ2n) is 2.13. The van der Waals surface area contributed by atoms with Crippen LogP contribution in [0.3, 0.4) is 0 Å². The third-order valence-electron chi connectivity index (χ3n) is 1.45. The highest BCUT2D eigenvalue weighted by molar-refractivity contribution is 6.31. The average Bonchev–Trinajstić information content (AvgIpc) is 1.99. The summed E-state index contributed by atoms with van der Waals surface area (Å²) in [4.78, 5) is 0. The first-order valence-corrected chi connectivity index (χ1v) is 3.47. The molecule has 0 saturated carbocycles. The minimum Gasteiger partial charge on any atom is -0.396 e. The van der Waals surface area contributed by atoms with Gasteiger partial charge >= 0.3 is 0 Å². The number of nitrogen functional groups attached to an aromatic ring is 1. The lowest BCUT2D eigenvalue weighted by Crippen LogP contribution is -2.04. The second-order valence-corrected chi connectivity index (χ2v) is 2.53. The van der Waals surface area contributed by atoms with E-state index in [1.165, 1.54) is 12.1 Å². The fourth-order valence-electron chi connectivity index (χ4n) is 0.817. The summed E-state index contributed by atoms with van der Waals surface area (Å²) in [6.07, 6.45) is 0. The minimum absolute atomic E-state index is 0.0417. The topological polar surface area (TPSA) is 52.0 Å². The molecule has 0 aromatic heterocycles. The first kappa shape index (κ1) is 8.30. The Morgan fingerprint density at radius 3 is 2.55 bits per heavy atom. The van der Waals surface area contributed by atoms with Crippen LogP contribution in [-0.2, 0) is 6.54 Å². The van der Waals surface area contributed by atoms with Gasteiger partial charge in [0.1, 0.15) is 5.82 Å². The van der Waals surface area contributed by atoms with Gasteiger partial charge < -0.3 is 11.5 Å². The molecule has 0 aliphatic carbocycles. The van der Waals surface area contributed by atoms with Crippen molar-refractivity contribution in [3.05, 3.63) is 28.5 Å². The van der Waals surface area contributed by atoms with E-state index in [4.69, 9.17) is 23.1 Å². The van der Waals surface area contributed by atoms with Gasteiger partial charge in [0.15, 0.2) is 0 Å². The van der Waals surface area contributed by atoms with Crippen LogP contribution in [0.15, 0.2) is 12.1 Å². The normalized spacial score (nSPS) is 10.1. The van der Waals surface area contributed by atoms with Gasteiger partial charge in [-0.25, -0.2) is 4.39 Å². The zero-order valence-corrected chi connectivity index (χ0v) is 6.53. The Labute approximate surface area is 68.9 Å². The van der Waals surface area contributed by atoms with E-state index >= 15 is 0 Å². The Morgan fingerprint density at radius 2 is 2.09 bits per heavy atom. The zero-order chi connectivity index (χ0) is 8.43. The van der Waals surface area contributed by atoms with Crippen LogP contribution in [0, 0.1) is 5.82 Å². The van der Waals surface area contributed by atoms with E-state index in [-0.39, 0.29) is 12.2 Å². The van der Waals surface area contributed by atoms with Crippen molar-refractivity contribution in [1.29, 1.82) is 0 Å². The maximum absolute atomic E-state index is 12.7. The predicted octanol–water partition coefficient (Wildman–Crippen LogP) is 1.52. The highest BCUT2D eigenvalue weighted by Gasteiger charge is 2.06. The summed E-state index contributed by atoms with van der Waals surface area (Å²) >= 11 is 5.67. The zero-order valence-electron chi connectivity index (χ0n) is 5.77. The van der Waals surface area contributed by atoms with E-state index in [0.717, 1.165) is 0 Å². The maximum atomic E-state index is 12.7. The number of rotatable bonds is 1. The Bertz CT molecular complexity index is 275. The lowest BCUT2D eigenvalue weighted by Gasteiger charge is -2.05. The predicted molar refractivity (Wildman–Crippen MR) is 43.7 cm³/mol. The summed E-state index contributed by atoms with van der Waals surface area (Å²) in [6.45, 7) is 0.155. The summed E-state index contributed by atoms with van der Waals surface area (Å²) < 4.78 is 12.7. The number of halogens is 2. The van der Waals surface area contributed by atoms with Crippen molar-refractivity contribution in [1.82, 2.24) is 0 Å². The molecule has 1 aromatic carbocycles. The van der Waals surface area contributed by atoms with Gasteiger partial charge in [-0.2, -0.15) is 0 Å². The molecule has 0 aliphatic rings. The smallest absolute Gasteiger partial charge is 0.146 e. The number of benzene rings is 1. The average molecular weight is 175 g/mol. The molecule has 60 valence electrons. The molecule has 0 bridgehead atoms. The molecule has 0 unspecified atom stereocenters. The number of nitrogens with two attached hydrogens (primary N) is 2. The van der Waals surface area contributed by atoms with Gasteiger partial charge in [-0.05, 0) is 12.1 Å². The quantitative estimate of drug-likeness (QED) is 0.635. The number of hydrogen-bond acceptors (Lipinski definition) is 2. The van der Waals surface area contributed by atoms with Crippen LogP contribution < -0.4 is 11.5 Å². The molecular formula is C7H8ClFN2. The number of hydrogen-bond donors (Lipinski definition) is 2. The van der Waals surface area contributed by atoms with Gasteiger partial charge in [-0.15, -0.1) is 0 Å². The van der Waals surface area contributed by atoms with Crippen molar-refractivity contribution < 1.29 is 4.39 Å². The van der Waals surface area contributed by atoms with Gasteiger partial charge in [0.2, 0.25) is 0 Å². The van der Waals surface area contributed by atoms with Crippen molar-refractivity contribution in [2.24, 2.45) is 5.73 Å². The maximum Gasteiger partial charge on any atom is 0.146 e. The van der Waals surface area contributed by atoms with Gasteiger partial charge in [0, 0.05) is 17.1 Å². The summed E-state index contributed by atoms with van der Waals surface area (Å²) in [5.74, 6) is -0.477. The number of anilines is 1. The highest BCUT2D eigenvalue weighted by Crippen LogP contribution is 2.23. The molecule has 0 radical (unpaired) electrons. The molecule has 1 rings (SSSR count). The molecule has 0 aliphatic heterocycles. The van der Waals surface area contributed by atoms with E-state index in [1.807, 2.05) is 0 Å². The largest absolute Gasteiger partial charge is 0.396 e. The summed E-state index contributed by atoms with van der Waals surface area (Å²) in [5.41, 5.74) is 11.1. The van der Waals surface area contributed by atoms with Crippen LogP contribution in [-0.4, -0.2) is 0 Å². The third kappa shape index (κ3) is 1.44. The van der Waals surface area contributed by atoms with Crippen LogP contribution in [0.2, 0.25) is 5.02 Å². The first-order valence-electron chi connectivity index (χ1n) is 3.09. The van der Waals surface area contributed by atoms with Crippen LogP contribution in [0.25, 0.3) is 0 Å². The highest BCUT2D eigenvalue weighted by atomic mass is 35.5. The Kier molecular flexibility index (Phi) is 2.31. The fraction of sp³-hybridized carbons (Fsp3) is 0.143. The molecular weight excluding hydrogens is 167 g/mol. The SMILES string of the molecule is NCc1c(Cl)ccc(F)c1N. The molecule has 0 saturated heterocycles. The van der Waals surface area contributed by atoms with Crippen LogP contribution in [0.1, 0.15) is 5.56 Å². The standard InChI is InChI=1S/C7H8ClFN2/c8-5-1-2-6(9)7(11)4(5)3-10/h1-2H,3,10-11H2. The molecule has 0 amide bonds. The summed E-state index contributed by atoms with van der Waals surface area (Å²) in [7, 11) is 0. The van der Waals surface area contributed by atoms with Crippen molar-refractivity contribution in [2.45, 2.75) is 6.54 Å². The monoisotopic (exact) mass is 174 g/mol. The van der Waals surface area contributed by atoms with E-state index in [1.54, 1.807) is 0 Å². The van der Waals surface area contributed by atoms with Crippen LogP contribution in [0.4, 0.5) is 10.1 Å². The van der Waals surface area contributed by atoms with E-state index < -0.39 is 5.82 Å². The van der Waals surface area contributed by atoms with Gasteiger partial charge in [-0.1, -0.05) is 11.6 Å². The van der Waals surface area contributed by atoms with Gasteiger partial charge in [0.05, 0.1) is 5.69 Å². The van der Waals surface area contributed by atoms with E-state index in [0.29, 0.717) is 10.6 Å². The molecule has 2 nitrogen and oxygen atoms in total. The van der Waals surface area contributed by atoms with Gasteiger partial charge in [-0.3, -0.25) is 0 Å². The lowest BCUT2D eigenvalue weighted by molar-refractivity contribution is 0.630. The third-order valence-corrected chi connectivity index (χ3v) is 1.80. The lowest BCUT2D eigenvalue weighted by atomic mass is 10.2. The second kappa shape index (κ2) is 3.07. The molecule has 0 spiro atoms. The molecule has 0 atom stereocenters. The summed E-state index contributed by atoms with van der Waals surface area (Å²) in [6, 6.07) is 2.66. The molecule has 11 heavy (non-hydrogen) atoms. The molecule has 1 aromatic rings. The molecule has 0 heterocycles. The van der Waals surface area contributed by atoms with Gasteiger partial charge in [0.25, 0.3) is 0 Å². The Morgan fingerprint density at radius 1 is 1.45 bits per heavy atom. The van der Waals surface area contributed by atoms with Crippen LogP contribution >= 0.6 is 11.6 Å². The Balaban J connectivity index is 3.29. The van der Waals surface area contributed by atoms with Crippen molar-refractivity contribution in [3.8, 4) is 0 Å². The van der Waals surface area contributed by atoms with E-state index in [9.17, 15) is 4.39 Å². The molecule has 4 heteroatoms. The van der Waals surface area contributed by atoms with Crippen molar-refractivity contribution in [2.75, 3.05) is 5.73 Å². The van der Waals surface area contributed by atoms with Crippen LogP contribution in [0.5, 0.6) is 0 Å². The van der Waals surface area contributed by atoms with Crippen molar-refractivity contribution >= 4 is 17.3 Å². The van der Waals surface area contributed by atoms with Crippen molar-refractivity contribution in [3.63, 3.8) is 0 Å². The first-order chi connectivity index (χ1) is 5.16.